The SMILES string of the molecule is O=C(NN=Cc1ccccc1F)/C(=C\c1cccs1)NC(=O)c1ccccc1Cl. The number of rotatable bonds is 6. The number of nitrogens with zero attached hydrogens (tertiary/aromatic N) is 1. The van der Waals surface area contributed by atoms with Crippen molar-refractivity contribution in [3.05, 3.63) is 98.6 Å². The van der Waals surface area contributed by atoms with Crippen LogP contribution < -0.4 is 10.7 Å². The van der Waals surface area contributed by atoms with Crippen molar-refractivity contribution in [1.29, 1.82) is 0 Å². The molecule has 5 nitrogen and oxygen atoms in total. The van der Waals surface area contributed by atoms with Crippen molar-refractivity contribution in [3.8, 4) is 0 Å². The number of hydrogen-bond acceptors (Lipinski definition) is 4. The van der Waals surface area contributed by atoms with E-state index in [0.29, 0.717) is 0 Å². The monoisotopic (exact) mass is 427 g/mol. The predicted molar refractivity (Wildman–Crippen MR) is 113 cm³/mol. The van der Waals surface area contributed by atoms with Crippen molar-refractivity contribution >= 4 is 47.0 Å². The van der Waals surface area contributed by atoms with Crippen LogP contribution in [0.25, 0.3) is 6.08 Å². The van der Waals surface area contributed by atoms with E-state index < -0.39 is 17.6 Å². The Morgan fingerprint density at radius 2 is 1.79 bits per heavy atom. The average Bonchev–Trinajstić information content (AvgIpc) is 3.22. The van der Waals surface area contributed by atoms with Gasteiger partial charge in [-0.15, -0.1) is 11.3 Å². The number of carbonyl (C=O) groups excluding carboxylic acids is 2. The van der Waals surface area contributed by atoms with E-state index in [1.54, 1.807) is 42.5 Å². The molecule has 1 aromatic heterocycles. The summed E-state index contributed by atoms with van der Waals surface area (Å²) in [5.74, 6) is -1.66. The number of carbonyl (C=O) groups is 2. The van der Waals surface area contributed by atoms with Crippen LogP contribution in [0.2, 0.25) is 5.02 Å². The summed E-state index contributed by atoms with van der Waals surface area (Å²) < 4.78 is 13.6. The lowest BCUT2D eigenvalue weighted by Crippen LogP contribution is -2.33. The van der Waals surface area contributed by atoms with Crippen LogP contribution >= 0.6 is 22.9 Å². The normalized spacial score (nSPS) is 11.4. The number of thiophene rings is 1. The van der Waals surface area contributed by atoms with E-state index in [1.165, 1.54) is 35.8 Å². The Labute approximate surface area is 175 Å². The van der Waals surface area contributed by atoms with E-state index in [4.69, 9.17) is 11.6 Å². The molecule has 2 amide bonds. The summed E-state index contributed by atoms with van der Waals surface area (Å²) in [4.78, 5) is 25.9. The van der Waals surface area contributed by atoms with Gasteiger partial charge in [0.25, 0.3) is 11.8 Å². The van der Waals surface area contributed by atoms with E-state index in [9.17, 15) is 14.0 Å². The smallest absolute Gasteiger partial charge is 0.287 e. The van der Waals surface area contributed by atoms with Gasteiger partial charge in [-0.1, -0.05) is 48.0 Å². The van der Waals surface area contributed by atoms with Crippen molar-refractivity contribution < 1.29 is 14.0 Å². The Balaban J connectivity index is 1.78. The van der Waals surface area contributed by atoms with Gasteiger partial charge in [0.2, 0.25) is 0 Å². The summed E-state index contributed by atoms with van der Waals surface area (Å²) in [6.07, 6.45) is 2.71. The fourth-order valence-electron chi connectivity index (χ4n) is 2.31. The summed E-state index contributed by atoms with van der Waals surface area (Å²) in [7, 11) is 0. The Bertz CT molecular complexity index is 1080. The van der Waals surface area contributed by atoms with Crippen LogP contribution in [0.4, 0.5) is 4.39 Å². The van der Waals surface area contributed by atoms with Gasteiger partial charge in [0.1, 0.15) is 11.5 Å². The molecule has 0 saturated carbocycles. The standard InChI is InChI=1S/C21H15ClFN3O2S/c22-17-9-3-2-8-16(17)20(27)25-19(12-15-7-5-11-29-15)21(28)26-24-13-14-6-1-4-10-18(14)23/h1-13H,(H,25,27)(H,26,28)/b19-12+,24-13?. The molecule has 0 spiro atoms. The zero-order valence-corrected chi connectivity index (χ0v) is 16.5. The highest BCUT2D eigenvalue weighted by Gasteiger charge is 2.16. The summed E-state index contributed by atoms with van der Waals surface area (Å²) in [5, 5.41) is 8.43. The van der Waals surface area contributed by atoms with Crippen molar-refractivity contribution in [3.63, 3.8) is 0 Å². The molecule has 2 aromatic carbocycles. The topological polar surface area (TPSA) is 70.6 Å². The van der Waals surface area contributed by atoms with Crippen LogP contribution in [-0.4, -0.2) is 18.0 Å². The average molecular weight is 428 g/mol. The second-order valence-electron chi connectivity index (χ2n) is 5.73. The molecule has 0 aliphatic heterocycles. The third-order valence-electron chi connectivity index (χ3n) is 3.72. The Kier molecular flexibility index (Phi) is 6.89. The van der Waals surface area contributed by atoms with E-state index >= 15 is 0 Å². The molecule has 2 N–H and O–H groups in total. The molecule has 0 bridgehead atoms. The minimum atomic E-state index is -0.661. The van der Waals surface area contributed by atoms with Crippen LogP contribution in [0.1, 0.15) is 20.8 Å². The number of amides is 2. The van der Waals surface area contributed by atoms with Gasteiger partial charge >= 0.3 is 0 Å². The molecular weight excluding hydrogens is 413 g/mol. The maximum atomic E-state index is 13.6. The largest absolute Gasteiger partial charge is 0.317 e. The first-order valence-electron chi connectivity index (χ1n) is 8.43. The van der Waals surface area contributed by atoms with Crippen LogP contribution in [0, 0.1) is 5.82 Å². The van der Waals surface area contributed by atoms with Crippen LogP contribution in [0.5, 0.6) is 0 Å². The van der Waals surface area contributed by atoms with E-state index in [2.05, 4.69) is 15.8 Å². The summed E-state index contributed by atoms with van der Waals surface area (Å²) in [5.41, 5.74) is 2.72. The molecule has 0 aliphatic carbocycles. The molecule has 0 saturated heterocycles. The van der Waals surface area contributed by atoms with Gasteiger partial charge < -0.3 is 5.32 Å². The maximum absolute atomic E-state index is 13.6. The molecule has 0 fully saturated rings. The highest BCUT2D eigenvalue weighted by atomic mass is 35.5. The molecule has 0 aliphatic rings. The quantitative estimate of drug-likeness (QED) is 0.346. The Morgan fingerprint density at radius 1 is 1.03 bits per heavy atom. The molecule has 8 heteroatoms. The number of benzene rings is 2. The third-order valence-corrected chi connectivity index (χ3v) is 4.86. The third kappa shape index (κ3) is 5.60. The van der Waals surface area contributed by atoms with E-state index in [0.717, 1.165) is 4.88 Å². The molecule has 1 heterocycles. The van der Waals surface area contributed by atoms with Crippen molar-refractivity contribution in [2.45, 2.75) is 0 Å². The van der Waals surface area contributed by atoms with Gasteiger partial charge in [0.05, 0.1) is 16.8 Å². The van der Waals surface area contributed by atoms with Gasteiger partial charge in [-0.25, -0.2) is 9.82 Å². The van der Waals surface area contributed by atoms with Crippen LogP contribution in [0.15, 0.2) is 76.8 Å². The molecule has 0 atom stereocenters. The number of hydrazone groups is 1. The van der Waals surface area contributed by atoms with Crippen molar-refractivity contribution in [2.75, 3.05) is 0 Å². The number of nitrogens with one attached hydrogen (secondary N) is 2. The zero-order valence-electron chi connectivity index (χ0n) is 14.9. The summed E-state index contributed by atoms with van der Waals surface area (Å²) >= 11 is 7.45. The molecule has 0 unspecified atom stereocenters. The fourth-order valence-corrected chi connectivity index (χ4v) is 3.19. The van der Waals surface area contributed by atoms with Gasteiger partial charge in [0, 0.05) is 10.4 Å². The Morgan fingerprint density at radius 3 is 2.52 bits per heavy atom. The van der Waals surface area contributed by atoms with Crippen molar-refractivity contribution in [1.82, 2.24) is 10.7 Å². The van der Waals surface area contributed by atoms with E-state index in [-0.39, 0.29) is 21.8 Å². The first-order chi connectivity index (χ1) is 14.0. The van der Waals surface area contributed by atoms with Crippen LogP contribution in [0.3, 0.4) is 0 Å². The van der Waals surface area contributed by atoms with E-state index in [1.807, 2.05) is 11.4 Å². The maximum Gasteiger partial charge on any atom is 0.287 e. The van der Waals surface area contributed by atoms with Gasteiger partial charge in [0.15, 0.2) is 0 Å². The molecule has 3 aromatic rings. The highest BCUT2D eigenvalue weighted by molar-refractivity contribution is 7.10. The molecule has 146 valence electrons. The number of hydrogen-bond donors (Lipinski definition) is 2. The minimum absolute atomic E-state index is 0.0250. The zero-order chi connectivity index (χ0) is 20.6. The molecule has 29 heavy (non-hydrogen) atoms. The van der Waals surface area contributed by atoms with Crippen LogP contribution in [-0.2, 0) is 4.79 Å². The lowest BCUT2D eigenvalue weighted by Gasteiger charge is -2.09. The lowest BCUT2D eigenvalue weighted by molar-refractivity contribution is -0.117. The fraction of sp³-hybridized carbons (Fsp3) is 0. The van der Waals surface area contributed by atoms with Gasteiger partial charge in [-0.2, -0.15) is 5.10 Å². The van der Waals surface area contributed by atoms with Gasteiger partial charge in [-0.05, 0) is 35.7 Å². The minimum Gasteiger partial charge on any atom is -0.317 e. The van der Waals surface area contributed by atoms with Crippen molar-refractivity contribution in [2.24, 2.45) is 5.10 Å². The molecule has 3 rings (SSSR count). The molecule has 0 radical (unpaired) electrons. The lowest BCUT2D eigenvalue weighted by atomic mass is 10.2. The molecular formula is C21H15ClFN3O2S. The highest BCUT2D eigenvalue weighted by Crippen LogP contribution is 2.16. The summed E-state index contributed by atoms with van der Waals surface area (Å²) in [6, 6.07) is 16.1. The second-order valence-corrected chi connectivity index (χ2v) is 7.11. The predicted octanol–water partition coefficient (Wildman–Crippen LogP) is 4.46. The van der Waals surface area contributed by atoms with Gasteiger partial charge in [-0.3, -0.25) is 9.59 Å². The summed E-state index contributed by atoms with van der Waals surface area (Å²) in [6.45, 7) is 0. The first-order valence-corrected chi connectivity index (χ1v) is 9.69. The second kappa shape index (κ2) is 9.77. The number of halogens is 2. The first kappa shape index (κ1) is 20.4. The Hall–Kier alpha value is -3.29.